The van der Waals surface area contributed by atoms with Gasteiger partial charge in [-0.15, -0.1) is 0 Å². The quantitative estimate of drug-likeness (QED) is 0.0354. The molecular formula is C54H54N4O8. The molecule has 0 bridgehead atoms. The van der Waals surface area contributed by atoms with Gasteiger partial charge in [0.2, 0.25) is 23.6 Å². The van der Waals surface area contributed by atoms with Crippen LogP contribution in [0.15, 0.2) is 146 Å². The molecule has 6 aromatic rings. The Bertz CT molecular complexity index is 2310. The summed E-state index contributed by atoms with van der Waals surface area (Å²) in [5, 5.41) is 11.2. The highest BCUT2D eigenvalue weighted by Gasteiger charge is 2.20. The number of esters is 2. The Kier molecular flexibility index (Phi) is 16.7. The number of ether oxygens (including phenoxy) is 2. The summed E-state index contributed by atoms with van der Waals surface area (Å²) >= 11 is 0. The number of hydrogen-bond donors (Lipinski definition) is 4. The number of nitrogens with one attached hydrogen (secondary N) is 4. The zero-order chi connectivity index (χ0) is 47.0. The van der Waals surface area contributed by atoms with Crippen LogP contribution in [-0.4, -0.2) is 48.8 Å². The normalized spacial score (nSPS) is 10.8. The molecule has 0 aliphatic carbocycles. The lowest BCUT2D eigenvalue weighted by molar-refractivity contribution is -0.145. The molecule has 0 radical (unpaired) electrons. The number of carbonyl (C=O) groups is 6. The summed E-state index contributed by atoms with van der Waals surface area (Å²) in [6, 6.07) is 46.3. The molecule has 4 N–H and O–H groups in total. The molecule has 0 heterocycles. The van der Waals surface area contributed by atoms with Crippen LogP contribution in [0, 0.1) is 0 Å². The molecular weight excluding hydrogens is 833 g/mol. The maximum absolute atomic E-state index is 12.8. The van der Waals surface area contributed by atoms with E-state index < -0.39 is 0 Å². The Hall–Kier alpha value is -7.86. The predicted molar refractivity (Wildman–Crippen MR) is 256 cm³/mol. The van der Waals surface area contributed by atoms with Crippen molar-refractivity contribution in [1.29, 1.82) is 0 Å². The molecule has 0 atom stereocenters. The van der Waals surface area contributed by atoms with Gasteiger partial charge in [-0.25, -0.2) is 0 Å². The number of amides is 4. The van der Waals surface area contributed by atoms with E-state index in [9.17, 15) is 28.8 Å². The van der Waals surface area contributed by atoms with Crippen LogP contribution < -0.4 is 21.3 Å². The van der Waals surface area contributed by atoms with Crippen LogP contribution in [0.2, 0.25) is 0 Å². The minimum Gasteiger partial charge on any atom is -0.465 e. The summed E-state index contributed by atoms with van der Waals surface area (Å²) in [5.41, 5.74) is 10.4. The first-order chi connectivity index (χ1) is 31.8. The molecule has 6 rings (SSSR count). The fourth-order valence-electron chi connectivity index (χ4n) is 7.67. The number of rotatable bonds is 19. The minimum absolute atomic E-state index is 0.103. The molecule has 0 aliphatic heterocycles. The van der Waals surface area contributed by atoms with E-state index in [1.165, 1.54) is 27.7 Å². The Morgan fingerprint density at radius 2 is 0.561 bits per heavy atom. The van der Waals surface area contributed by atoms with E-state index in [0.717, 1.165) is 44.5 Å². The van der Waals surface area contributed by atoms with Crippen LogP contribution in [0.1, 0.15) is 96.9 Å². The molecule has 0 unspecified atom stereocenters. The van der Waals surface area contributed by atoms with Crippen molar-refractivity contribution in [1.82, 2.24) is 0 Å². The minimum atomic E-state index is -0.354. The van der Waals surface area contributed by atoms with Crippen molar-refractivity contribution < 1.29 is 38.2 Å². The second kappa shape index (κ2) is 23.2. The first-order valence-electron chi connectivity index (χ1n) is 21.8. The molecule has 0 spiro atoms. The van der Waals surface area contributed by atoms with Crippen LogP contribution in [0.4, 0.5) is 22.7 Å². The zero-order valence-electron chi connectivity index (χ0n) is 37.5. The Balaban J connectivity index is 0.971. The highest BCUT2D eigenvalue weighted by molar-refractivity contribution is 5.90. The predicted octanol–water partition coefficient (Wildman–Crippen LogP) is 9.53. The number of anilines is 4. The van der Waals surface area contributed by atoms with E-state index >= 15 is 0 Å². The van der Waals surface area contributed by atoms with E-state index in [4.69, 9.17) is 9.47 Å². The van der Waals surface area contributed by atoms with E-state index in [1.807, 2.05) is 146 Å². The largest absolute Gasteiger partial charge is 0.465 e. The fourth-order valence-corrected chi connectivity index (χ4v) is 7.67. The maximum atomic E-state index is 12.8. The van der Waals surface area contributed by atoms with Gasteiger partial charge >= 0.3 is 11.9 Å². The molecule has 12 heteroatoms. The van der Waals surface area contributed by atoms with Crippen molar-refractivity contribution in [3.05, 3.63) is 190 Å². The van der Waals surface area contributed by atoms with E-state index in [-0.39, 0.29) is 73.5 Å². The van der Waals surface area contributed by atoms with Gasteiger partial charge in [-0.05, 0) is 106 Å². The number of unbranched alkanes of at least 4 members (excludes halogenated alkanes) is 1. The molecule has 12 nitrogen and oxygen atoms in total. The molecule has 0 aliphatic rings. The third-order valence-electron chi connectivity index (χ3n) is 10.6. The van der Waals surface area contributed by atoms with Gasteiger partial charge in [0.05, 0.1) is 26.1 Å². The molecule has 6 aromatic carbocycles. The summed E-state index contributed by atoms with van der Waals surface area (Å²) in [6.07, 6.45) is 1.28. The van der Waals surface area contributed by atoms with Gasteiger partial charge in [-0.2, -0.15) is 0 Å². The van der Waals surface area contributed by atoms with Crippen LogP contribution >= 0.6 is 0 Å². The summed E-state index contributed by atoms with van der Waals surface area (Å²) in [6.45, 7) is 6.26. The molecule has 66 heavy (non-hydrogen) atoms. The topological polar surface area (TPSA) is 169 Å². The summed E-state index contributed by atoms with van der Waals surface area (Å²) in [4.78, 5) is 71.9. The lowest BCUT2D eigenvalue weighted by atomic mass is 9.84. The van der Waals surface area contributed by atoms with Crippen molar-refractivity contribution in [3.8, 4) is 0 Å². The second-order valence-electron chi connectivity index (χ2n) is 16.1. The van der Waals surface area contributed by atoms with Gasteiger partial charge in [-0.1, -0.05) is 97.1 Å². The van der Waals surface area contributed by atoms with Gasteiger partial charge < -0.3 is 30.7 Å². The van der Waals surface area contributed by atoms with Crippen molar-refractivity contribution in [3.63, 3.8) is 0 Å². The molecule has 0 fully saturated rings. The smallest absolute Gasteiger partial charge is 0.310 e. The van der Waals surface area contributed by atoms with Crippen molar-refractivity contribution in [2.24, 2.45) is 0 Å². The lowest BCUT2D eigenvalue weighted by Gasteiger charge is -2.20. The summed E-state index contributed by atoms with van der Waals surface area (Å²) in [7, 11) is 0. The van der Waals surface area contributed by atoms with Crippen molar-refractivity contribution >= 4 is 58.3 Å². The second-order valence-corrected chi connectivity index (χ2v) is 16.1. The summed E-state index contributed by atoms with van der Waals surface area (Å²) < 4.78 is 11.0. The highest BCUT2D eigenvalue weighted by atomic mass is 16.5. The lowest BCUT2D eigenvalue weighted by Crippen LogP contribution is -2.12. The first-order valence-corrected chi connectivity index (χ1v) is 21.8. The average Bonchev–Trinajstić information content (AvgIpc) is 3.28. The maximum Gasteiger partial charge on any atom is 0.310 e. The average molecular weight is 887 g/mol. The Labute approximate surface area is 385 Å². The number of benzene rings is 6. The zero-order valence-corrected chi connectivity index (χ0v) is 37.5. The molecule has 0 saturated carbocycles. The monoisotopic (exact) mass is 886 g/mol. The van der Waals surface area contributed by atoms with Gasteiger partial charge in [0, 0.05) is 62.3 Å². The number of hydrogen-bond acceptors (Lipinski definition) is 8. The third kappa shape index (κ3) is 14.3. The SMILES string of the molecule is CC(=O)Nc1ccc(C(c2ccc(CC(=O)OCCCCOC(=O)Cc3ccc(C(c4ccc(NC(C)=O)cc4)c4ccc(NC(C)=O)cc4)cc3)cc2)c2ccc(NC(C)=O)cc2)cc1. The van der Waals surface area contributed by atoms with Crippen LogP contribution in [0.25, 0.3) is 0 Å². The van der Waals surface area contributed by atoms with Crippen LogP contribution in [-0.2, 0) is 51.1 Å². The van der Waals surface area contributed by atoms with Gasteiger partial charge in [0.1, 0.15) is 0 Å². The Morgan fingerprint density at radius 1 is 0.348 bits per heavy atom. The number of carbonyl (C=O) groups excluding carboxylic acids is 6. The molecule has 0 saturated heterocycles. The Morgan fingerprint density at radius 3 is 0.773 bits per heavy atom. The highest BCUT2D eigenvalue weighted by Crippen LogP contribution is 2.35. The third-order valence-corrected chi connectivity index (χ3v) is 10.6. The van der Waals surface area contributed by atoms with Crippen molar-refractivity contribution in [2.75, 3.05) is 34.5 Å². The summed E-state index contributed by atoms with van der Waals surface area (Å²) in [5.74, 6) is -1.62. The van der Waals surface area contributed by atoms with E-state index in [2.05, 4.69) is 21.3 Å². The van der Waals surface area contributed by atoms with Gasteiger partial charge in [-0.3, -0.25) is 28.8 Å². The van der Waals surface area contributed by atoms with Crippen LogP contribution in [0.5, 0.6) is 0 Å². The standard InChI is InChI=1S/C54H54N4O8/c1-35(59)55-47-23-15-43(16-24-47)53(44-17-25-48(26-18-44)56-36(2)60)41-11-7-39(8-12-41)33-51(63)65-31-5-6-32-66-52(64)34-40-9-13-42(14-10-40)54(45-19-27-49(28-20-45)57-37(3)61)46-21-29-50(30-22-46)58-38(4)62/h7-30,53-54H,5-6,31-34H2,1-4H3,(H,55,59)(H,56,60)(H,57,61)(H,58,62). The van der Waals surface area contributed by atoms with E-state index in [1.54, 1.807) is 0 Å². The van der Waals surface area contributed by atoms with Crippen molar-refractivity contribution in [2.45, 2.75) is 65.2 Å². The van der Waals surface area contributed by atoms with Gasteiger partial charge in [0.25, 0.3) is 0 Å². The molecule has 4 amide bonds. The van der Waals surface area contributed by atoms with E-state index in [0.29, 0.717) is 35.6 Å². The van der Waals surface area contributed by atoms with Crippen LogP contribution in [0.3, 0.4) is 0 Å². The molecule has 0 aromatic heterocycles. The first kappa shape index (κ1) is 47.6. The molecule has 338 valence electrons. The fraction of sp³-hybridized carbons (Fsp3) is 0.222. The van der Waals surface area contributed by atoms with Gasteiger partial charge in [0.15, 0.2) is 0 Å².